The fourth-order valence-corrected chi connectivity index (χ4v) is 3.45. The lowest BCUT2D eigenvalue weighted by Gasteiger charge is -2.15. The zero-order chi connectivity index (χ0) is 17.2. The first kappa shape index (κ1) is 16.4. The van der Waals surface area contributed by atoms with Crippen molar-refractivity contribution in [2.45, 2.75) is 12.8 Å². The third-order valence-electron chi connectivity index (χ3n) is 4.52. The minimum atomic E-state index is -0.442. The van der Waals surface area contributed by atoms with Gasteiger partial charge in [-0.05, 0) is 56.3 Å². The number of likely N-dealkylation sites (tertiary alicyclic amines) is 1. The van der Waals surface area contributed by atoms with E-state index >= 15 is 0 Å². The van der Waals surface area contributed by atoms with Gasteiger partial charge in [-0.1, -0.05) is 17.7 Å². The maximum Gasteiger partial charge on any atom is 0.231 e. The number of oxazole rings is 1. The van der Waals surface area contributed by atoms with Crippen molar-refractivity contribution in [2.24, 2.45) is 0 Å². The summed E-state index contributed by atoms with van der Waals surface area (Å²) in [6, 6.07) is 10.2. The van der Waals surface area contributed by atoms with E-state index < -0.39 is 5.82 Å². The van der Waals surface area contributed by atoms with Crippen molar-refractivity contribution in [3.63, 3.8) is 0 Å². The van der Waals surface area contributed by atoms with Crippen molar-refractivity contribution in [1.29, 1.82) is 0 Å². The molecule has 0 radical (unpaired) electrons. The largest absolute Gasteiger partial charge is 0.436 e. The Bertz CT molecular complexity index is 869. The first-order chi connectivity index (χ1) is 12.2. The first-order valence-corrected chi connectivity index (χ1v) is 8.90. The van der Waals surface area contributed by atoms with Gasteiger partial charge in [0.05, 0.1) is 10.6 Å². The van der Waals surface area contributed by atoms with Crippen LogP contribution in [0, 0.1) is 5.82 Å². The van der Waals surface area contributed by atoms with Crippen LogP contribution in [0.25, 0.3) is 22.6 Å². The van der Waals surface area contributed by atoms with Crippen LogP contribution in [0.1, 0.15) is 12.8 Å². The van der Waals surface area contributed by atoms with Gasteiger partial charge in [-0.3, -0.25) is 0 Å². The topological polar surface area (TPSA) is 41.3 Å². The number of fused-ring (bicyclic) bond motifs is 1. The molecule has 130 valence electrons. The van der Waals surface area contributed by atoms with E-state index in [4.69, 9.17) is 16.0 Å². The Morgan fingerprint density at radius 1 is 1.20 bits per heavy atom. The zero-order valence-electron chi connectivity index (χ0n) is 13.8. The van der Waals surface area contributed by atoms with Crippen LogP contribution in [0.5, 0.6) is 0 Å². The van der Waals surface area contributed by atoms with Gasteiger partial charge in [-0.2, -0.15) is 0 Å². The molecule has 0 bridgehead atoms. The highest BCUT2D eigenvalue weighted by Gasteiger charge is 2.16. The highest BCUT2D eigenvalue weighted by Crippen LogP contribution is 2.32. The summed E-state index contributed by atoms with van der Waals surface area (Å²) in [7, 11) is 0. The summed E-state index contributed by atoms with van der Waals surface area (Å²) in [6.45, 7) is 4.30. The van der Waals surface area contributed by atoms with E-state index in [0.717, 1.165) is 18.8 Å². The van der Waals surface area contributed by atoms with Crippen molar-refractivity contribution < 1.29 is 8.81 Å². The molecule has 1 fully saturated rings. The van der Waals surface area contributed by atoms with E-state index in [-0.39, 0.29) is 16.5 Å². The molecule has 3 aromatic rings. The van der Waals surface area contributed by atoms with Gasteiger partial charge in [0.1, 0.15) is 11.3 Å². The fraction of sp³-hybridized carbons (Fsp3) is 0.316. The van der Waals surface area contributed by atoms with Gasteiger partial charge >= 0.3 is 0 Å². The second-order valence-corrected chi connectivity index (χ2v) is 6.68. The summed E-state index contributed by atoms with van der Waals surface area (Å²) < 4.78 is 19.7. The Labute approximate surface area is 150 Å². The maximum atomic E-state index is 14.1. The van der Waals surface area contributed by atoms with Crippen molar-refractivity contribution >= 4 is 28.4 Å². The van der Waals surface area contributed by atoms with Crippen LogP contribution in [-0.2, 0) is 0 Å². The molecular formula is C19H19ClFN3O. The predicted molar refractivity (Wildman–Crippen MR) is 98.6 cm³/mol. The number of benzene rings is 2. The van der Waals surface area contributed by atoms with Gasteiger partial charge in [0.2, 0.25) is 5.89 Å². The molecule has 1 saturated heterocycles. The number of hydrogen-bond acceptors (Lipinski definition) is 4. The minimum absolute atomic E-state index is 0.198. The third kappa shape index (κ3) is 3.48. The van der Waals surface area contributed by atoms with Crippen molar-refractivity contribution in [3.8, 4) is 11.5 Å². The summed E-state index contributed by atoms with van der Waals surface area (Å²) >= 11 is 6.10. The van der Waals surface area contributed by atoms with Crippen LogP contribution < -0.4 is 5.32 Å². The molecule has 2 heterocycles. The number of anilines is 1. The van der Waals surface area contributed by atoms with E-state index in [9.17, 15) is 4.39 Å². The van der Waals surface area contributed by atoms with Gasteiger partial charge in [-0.15, -0.1) is 0 Å². The van der Waals surface area contributed by atoms with Crippen LogP contribution in [0.2, 0.25) is 5.02 Å². The molecule has 1 N–H and O–H groups in total. The van der Waals surface area contributed by atoms with Crippen LogP contribution in [0.3, 0.4) is 0 Å². The van der Waals surface area contributed by atoms with E-state index in [1.54, 1.807) is 12.1 Å². The summed E-state index contributed by atoms with van der Waals surface area (Å²) in [5.41, 5.74) is 2.47. The lowest BCUT2D eigenvalue weighted by atomic mass is 10.2. The highest BCUT2D eigenvalue weighted by atomic mass is 35.5. The van der Waals surface area contributed by atoms with E-state index in [1.165, 1.54) is 32.0 Å². The second-order valence-electron chi connectivity index (χ2n) is 6.27. The monoisotopic (exact) mass is 359 g/mol. The van der Waals surface area contributed by atoms with Gasteiger partial charge < -0.3 is 14.6 Å². The predicted octanol–water partition coefficient (Wildman–Crippen LogP) is 4.80. The quantitative estimate of drug-likeness (QED) is 0.710. The number of nitrogens with zero attached hydrogens (tertiary/aromatic N) is 2. The molecule has 25 heavy (non-hydrogen) atoms. The third-order valence-corrected chi connectivity index (χ3v) is 4.84. The van der Waals surface area contributed by atoms with E-state index in [0.29, 0.717) is 11.1 Å². The molecule has 1 aromatic heterocycles. The second kappa shape index (κ2) is 7.02. The Morgan fingerprint density at radius 2 is 2.04 bits per heavy atom. The number of halogens is 2. The summed E-state index contributed by atoms with van der Waals surface area (Å²) in [5.74, 6) is -0.240. The SMILES string of the molecule is Fc1cccc(Cl)c1-c1nc2cc(NCCN3CCCC3)ccc2o1. The smallest absolute Gasteiger partial charge is 0.231 e. The molecule has 0 spiro atoms. The molecule has 0 unspecified atom stereocenters. The molecule has 0 aliphatic carbocycles. The van der Waals surface area contributed by atoms with Crippen LogP contribution >= 0.6 is 11.6 Å². The number of hydrogen-bond donors (Lipinski definition) is 1. The fourth-order valence-electron chi connectivity index (χ4n) is 3.21. The molecule has 4 rings (SSSR count). The molecule has 1 aliphatic rings. The highest BCUT2D eigenvalue weighted by molar-refractivity contribution is 6.33. The summed E-state index contributed by atoms with van der Waals surface area (Å²) in [6.07, 6.45) is 2.60. The van der Waals surface area contributed by atoms with Gasteiger partial charge in [0.25, 0.3) is 0 Å². The Morgan fingerprint density at radius 3 is 2.84 bits per heavy atom. The molecule has 1 aliphatic heterocycles. The first-order valence-electron chi connectivity index (χ1n) is 8.52. The average molecular weight is 360 g/mol. The number of aromatic nitrogens is 1. The summed E-state index contributed by atoms with van der Waals surface area (Å²) in [5, 5.41) is 3.70. The van der Waals surface area contributed by atoms with Gasteiger partial charge in [-0.25, -0.2) is 9.37 Å². The molecule has 6 heteroatoms. The Hall–Kier alpha value is -2.11. The van der Waals surface area contributed by atoms with Crippen LogP contribution in [0.15, 0.2) is 40.8 Å². The number of rotatable bonds is 5. The van der Waals surface area contributed by atoms with Crippen molar-refractivity contribution in [2.75, 3.05) is 31.5 Å². The molecule has 0 amide bonds. The van der Waals surface area contributed by atoms with E-state index in [1.807, 2.05) is 18.2 Å². The van der Waals surface area contributed by atoms with E-state index in [2.05, 4.69) is 15.2 Å². The van der Waals surface area contributed by atoms with Crippen molar-refractivity contribution in [1.82, 2.24) is 9.88 Å². The molecular weight excluding hydrogens is 341 g/mol. The van der Waals surface area contributed by atoms with Crippen molar-refractivity contribution in [3.05, 3.63) is 47.2 Å². The normalized spacial score (nSPS) is 15.1. The average Bonchev–Trinajstić information content (AvgIpc) is 3.23. The minimum Gasteiger partial charge on any atom is -0.436 e. The zero-order valence-corrected chi connectivity index (χ0v) is 14.5. The molecule has 0 atom stereocenters. The van der Waals surface area contributed by atoms with Crippen LogP contribution in [-0.4, -0.2) is 36.1 Å². The molecule has 2 aromatic carbocycles. The lowest BCUT2D eigenvalue weighted by molar-refractivity contribution is 0.352. The van der Waals surface area contributed by atoms with Gasteiger partial charge in [0, 0.05) is 18.8 Å². The van der Waals surface area contributed by atoms with Gasteiger partial charge in [0.15, 0.2) is 5.58 Å². The maximum absolute atomic E-state index is 14.1. The summed E-state index contributed by atoms with van der Waals surface area (Å²) in [4.78, 5) is 6.87. The Kier molecular flexibility index (Phi) is 4.59. The number of nitrogens with one attached hydrogen (secondary N) is 1. The standard InChI is InChI=1S/C19H19ClFN3O/c20-14-4-3-5-15(21)18(14)19-23-16-12-13(6-7-17(16)25-19)22-8-11-24-9-1-2-10-24/h3-7,12,22H,1-2,8-11H2. The molecule has 0 saturated carbocycles. The Balaban J connectivity index is 1.53. The lowest BCUT2D eigenvalue weighted by Crippen LogP contribution is -2.25. The van der Waals surface area contributed by atoms with Crippen LogP contribution in [0.4, 0.5) is 10.1 Å². The molecule has 4 nitrogen and oxygen atoms in total.